The van der Waals surface area contributed by atoms with Crippen molar-refractivity contribution in [3.63, 3.8) is 0 Å². The number of hydrogen-bond acceptors (Lipinski definition) is 14. The Bertz CT molecular complexity index is 1720. The second kappa shape index (κ2) is 11.9. The fourth-order valence-electron chi connectivity index (χ4n) is 3.89. The summed E-state index contributed by atoms with van der Waals surface area (Å²) in [4.78, 5) is 65.1. The molecule has 20 heteroatoms. The summed E-state index contributed by atoms with van der Waals surface area (Å²) in [6.45, 7) is 1.11. The number of hydrogen-bond donors (Lipinski definition) is 6. The Labute approximate surface area is 239 Å². The number of phenols is 2. The van der Waals surface area contributed by atoms with Gasteiger partial charge < -0.3 is 30.8 Å². The van der Waals surface area contributed by atoms with Crippen molar-refractivity contribution < 1.29 is 52.3 Å². The van der Waals surface area contributed by atoms with Gasteiger partial charge in [0, 0.05) is 17.5 Å². The molecular weight excluding hydrogens is 602 g/mol. The van der Waals surface area contributed by atoms with Crippen LogP contribution in [0, 0.1) is 0 Å². The first-order valence-electron chi connectivity index (χ1n) is 11.7. The van der Waals surface area contributed by atoms with Gasteiger partial charge in [0.15, 0.2) is 28.0 Å². The van der Waals surface area contributed by atoms with E-state index in [0.29, 0.717) is 6.41 Å². The molecule has 2 aromatic heterocycles. The van der Waals surface area contributed by atoms with E-state index in [-0.39, 0.29) is 57.0 Å². The van der Waals surface area contributed by atoms with Crippen LogP contribution in [0.1, 0.15) is 35.2 Å². The molecule has 1 aromatic carbocycles. The van der Waals surface area contributed by atoms with Crippen LogP contribution in [0.15, 0.2) is 22.7 Å². The predicted molar refractivity (Wildman–Crippen MR) is 142 cm³/mol. The fraction of sp³-hybridized carbons (Fsp3) is 0.273. The fourth-order valence-corrected chi connectivity index (χ4v) is 5.43. The quantitative estimate of drug-likeness (QED) is 0.0286. The number of nitrogens with one attached hydrogen (secondary N) is 2. The van der Waals surface area contributed by atoms with Crippen LogP contribution in [0.25, 0.3) is 11.0 Å². The summed E-state index contributed by atoms with van der Waals surface area (Å²) in [5.74, 6) is -4.38. The number of carbonyl (C=O) groups excluding carboxylic acids is 3. The number of aromatic nitrogens is 3. The molecule has 18 nitrogen and oxygen atoms in total. The van der Waals surface area contributed by atoms with Crippen molar-refractivity contribution >= 4 is 67.7 Å². The molecule has 0 bridgehead atoms. The van der Waals surface area contributed by atoms with Crippen molar-refractivity contribution in [3.05, 3.63) is 34.6 Å². The summed E-state index contributed by atoms with van der Waals surface area (Å²) >= 11 is 0.950. The molecule has 0 saturated carbocycles. The highest BCUT2D eigenvalue weighted by Crippen LogP contribution is 2.29. The first-order chi connectivity index (χ1) is 19.8. The molecule has 222 valence electrons. The van der Waals surface area contributed by atoms with Crippen molar-refractivity contribution in [2.45, 2.75) is 31.8 Å². The second-order valence-corrected chi connectivity index (χ2v) is 10.8. The Morgan fingerprint density at radius 3 is 2.45 bits per heavy atom. The SMILES string of the molecule is C[C@H]1[C@@H](NC(=O)C(=NOCCCc2nc3cc(O)c(O)cc3nc2C(=O)O)c2csc(NC=O)n2)C(=O)N1S(=O)(=O)O. The topological polar surface area (TPSA) is 271 Å². The zero-order valence-electron chi connectivity index (χ0n) is 21.3. The number of carboxylic acid groups (broad SMARTS) is 1. The predicted octanol–water partition coefficient (Wildman–Crippen LogP) is -0.364. The van der Waals surface area contributed by atoms with Gasteiger partial charge in [-0.2, -0.15) is 8.42 Å². The van der Waals surface area contributed by atoms with Crippen LogP contribution in [-0.2, 0) is 35.9 Å². The van der Waals surface area contributed by atoms with Crippen molar-refractivity contribution in [1.82, 2.24) is 24.6 Å². The van der Waals surface area contributed by atoms with Gasteiger partial charge in [-0.1, -0.05) is 5.16 Å². The molecule has 3 heterocycles. The van der Waals surface area contributed by atoms with Crippen molar-refractivity contribution in [2.75, 3.05) is 11.9 Å². The van der Waals surface area contributed by atoms with E-state index in [9.17, 15) is 42.9 Å². The molecule has 4 rings (SSSR count). The highest BCUT2D eigenvalue weighted by Gasteiger charge is 2.51. The van der Waals surface area contributed by atoms with Crippen LogP contribution < -0.4 is 10.6 Å². The Balaban J connectivity index is 1.48. The highest BCUT2D eigenvalue weighted by molar-refractivity contribution is 7.84. The first-order valence-corrected chi connectivity index (χ1v) is 14.0. The summed E-state index contributed by atoms with van der Waals surface area (Å²) in [5.41, 5.74) is -0.623. The van der Waals surface area contributed by atoms with E-state index in [1.165, 1.54) is 12.3 Å². The van der Waals surface area contributed by atoms with E-state index < -0.39 is 57.4 Å². The average Bonchev–Trinajstić information content (AvgIpc) is 3.37. The third-order valence-corrected chi connectivity index (χ3v) is 7.64. The smallest absolute Gasteiger partial charge is 0.362 e. The summed E-state index contributed by atoms with van der Waals surface area (Å²) in [7, 11) is -4.82. The number of carbonyl (C=O) groups is 4. The number of amides is 3. The molecule has 0 unspecified atom stereocenters. The third-order valence-electron chi connectivity index (χ3n) is 5.86. The molecule has 1 aliphatic rings. The standard InChI is InChI=1S/C22H21N7O11S2/c1-9-16(20(34)29(9)42(37,38)39)27-19(33)17(13-7-41-22(26-13)23-8-30)28-40-4-2-3-10-18(21(35)36)25-12-6-15(32)14(31)5-11(12)24-10/h5-9,16,31-32H,2-4H2,1H3,(H,27,33)(H,35,36)(H,23,26,30)(H,37,38,39)/t9-,16+/m0/s1. The van der Waals surface area contributed by atoms with Crippen LogP contribution in [0.5, 0.6) is 11.5 Å². The molecular formula is C22H21N7O11S2. The number of aromatic carboxylic acids is 1. The number of thiazole rings is 1. The lowest BCUT2D eigenvalue weighted by Gasteiger charge is -2.42. The number of aryl methyl sites for hydroxylation is 1. The number of carboxylic acids is 1. The van der Waals surface area contributed by atoms with Crippen LogP contribution >= 0.6 is 11.3 Å². The van der Waals surface area contributed by atoms with Gasteiger partial charge in [0.25, 0.3) is 11.8 Å². The van der Waals surface area contributed by atoms with Crippen LogP contribution in [-0.4, -0.2) is 96.1 Å². The number of anilines is 1. The van der Waals surface area contributed by atoms with Gasteiger partial charge in [0.2, 0.25) is 6.41 Å². The largest absolute Gasteiger partial charge is 0.504 e. The number of β-lactam (4-membered cyclic amide) rings is 1. The monoisotopic (exact) mass is 623 g/mol. The lowest BCUT2D eigenvalue weighted by atomic mass is 10.0. The number of aromatic hydroxyl groups is 2. The molecule has 1 fully saturated rings. The van der Waals surface area contributed by atoms with Gasteiger partial charge in [-0.15, -0.1) is 11.3 Å². The van der Waals surface area contributed by atoms with E-state index in [1.807, 2.05) is 0 Å². The van der Waals surface area contributed by atoms with Gasteiger partial charge in [-0.3, -0.25) is 18.9 Å². The lowest BCUT2D eigenvalue weighted by molar-refractivity contribution is -0.143. The molecule has 0 spiro atoms. The van der Waals surface area contributed by atoms with Crippen molar-refractivity contribution in [1.29, 1.82) is 0 Å². The second-order valence-electron chi connectivity index (χ2n) is 8.63. The molecule has 1 aliphatic heterocycles. The zero-order chi connectivity index (χ0) is 30.8. The lowest BCUT2D eigenvalue weighted by Crippen LogP contribution is -2.71. The Morgan fingerprint density at radius 1 is 1.19 bits per heavy atom. The third kappa shape index (κ3) is 6.19. The Morgan fingerprint density at radius 2 is 1.86 bits per heavy atom. The van der Waals surface area contributed by atoms with Crippen LogP contribution in [0.2, 0.25) is 0 Å². The van der Waals surface area contributed by atoms with E-state index in [2.05, 4.69) is 30.7 Å². The number of phenolic OH excluding ortho intramolecular Hbond substituents is 2. The van der Waals surface area contributed by atoms with Crippen molar-refractivity contribution in [3.8, 4) is 11.5 Å². The van der Waals surface area contributed by atoms with E-state index in [4.69, 9.17) is 9.39 Å². The molecule has 42 heavy (non-hydrogen) atoms. The molecule has 2 atom stereocenters. The van der Waals surface area contributed by atoms with Crippen LogP contribution in [0.4, 0.5) is 5.13 Å². The van der Waals surface area contributed by atoms with Gasteiger partial charge in [-0.25, -0.2) is 24.1 Å². The Hall–Kier alpha value is -4.95. The van der Waals surface area contributed by atoms with Crippen LogP contribution in [0.3, 0.4) is 0 Å². The first kappa shape index (κ1) is 30.0. The summed E-state index contributed by atoms with van der Waals surface area (Å²) in [6.07, 6.45) is 0.506. The molecule has 6 N–H and O–H groups in total. The van der Waals surface area contributed by atoms with Gasteiger partial charge in [-0.05, 0) is 19.8 Å². The number of benzene rings is 1. The normalized spacial score (nSPS) is 17.0. The Kier molecular flexibility index (Phi) is 8.49. The minimum Gasteiger partial charge on any atom is -0.504 e. The molecule has 0 aliphatic carbocycles. The number of oxime groups is 1. The van der Waals surface area contributed by atoms with Gasteiger partial charge >= 0.3 is 16.3 Å². The highest BCUT2D eigenvalue weighted by atomic mass is 32.2. The maximum atomic E-state index is 13.0. The molecule has 3 aromatic rings. The summed E-state index contributed by atoms with van der Waals surface area (Å²) in [5, 5.41) is 38.8. The minimum absolute atomic E-state index is 0.0208. The van der Waals surface area contributed by atoms with E-state index in [0.717, 1.165) is 23.5 Å². The molecule has 0 radical (unpaired) electrons. The summed E-state index contributed by atoms with van der Waals surface area (Å²) in [6, 6.07) is -0.203. The van der Waals surface area contributed by atoms with Gasteiger partial charge in [0.1, 0.15) is 18.3 Å². The zero-order valence-corrected chi connectivity index (χ0v) is 22.9. The maximum absolute atomic E-state index is 13.0. The number of fused-ring (bicyclic) bond motifs is 1. The van der Waals surface area contributed by atoms with E-state index in [1.54, 1.807) is 0 Å². The number of rotatable bonds is 12. The summed E-state index contributed by atoms with van der Waals surface area (Å²) < 4.78 is 32.0. The average molecular weight is 624 g/mol. The minimum atomic E-state index is -4.82. The number of nitrogens with zero attached hydrogens (tertiary/aromatic N) is 5. The molecule has 3 amide bonds. The van der Waals surface area contributed by atoms with Crippen molar-refractivity contribution in [2.24, 2.45) is 5.16 Å². The van der Waals surface area contributed by atoms with E-state index >= 15 is 0 Å². The molecule has 1 saturated heterocycles. The van der Waals surface area contributed by atoms with Gasteiger partial charge in [0.05, 0.1) is 22.8 Å². The maximum Gasteiger partial charge on any atom is 0.362 e.